The third kappa shape index (κ3) is 5.42. The average molecular weight is 466 g/mol. The van der Waals surface area contributed by atoms with Crippen molar-refractivity contribution in [2.75, 3.05) is 0 Å². The summed E-state index contributed by atoms with van der Waals surface area (Å²) in [6.07, 6.45) is -10.3. The first-order chi connectivity index (χ1) is 14.4. The van der Waals surface area contributed by atoms with E-state index in [9.17, 15) is 31.1 Å². The van der Waals surface area contributed by atoms with Crippen molar-refractivity contribution < 1.29 is 35.9 Å². The number of benzene rings is 1. The summed E-state index contributed by atoms with van der Waals surface area (Å²) in [7, 11) is 0. The molecule has 0 bridgehead atoms. The van der Waals surface area contributed by atoms with Crippen molar-refractivity contribution in [2.24, 2.45) is 0 Å². The van der Waals surface area contributed by atoms with Gasteiger partial charge in [-0.05, 0) is 29.8 Å². The van der Waals surface area contributed by atoms with Crippen LogP contribution in [0.1, 0.15) is 16.8 Å². The Balaban J connectivity index is 1.77. The van der Waals surface area contributed by atoms with E-state index in [1.165, 1.54) is 12.1 Å². The van der Waals surface area contributed by atoms with Gasteiger partial charge >= 0.3 is 18.4 Å². The van der Waals surface area contributed by atoms with Gasteiger partial charge in [-0.25, -0.2) is 9.48 Å². The number of alkyl halides is 6. The van der Waals surface area contributed by atoms with Crippen molar-refractivity contribution in [3.05, 3.63) is 64.6 Å². The largest absolute Gasteiger partial charge is 0.437 e. The number of nitrogens with one attached hydrogen (secondary N) is 1. The third-order valence-electron chi connectivity index (χ3n) is 3.73. The first-order valence-electron chi connectivity index (χ1n) is 8.22. The minimum atomic E-state index is -4.99. The van der Waals surface area contributed by atoms with Crippen LogP contribution in [0.3, 0.4) is 0 Å². The summed E-state index contributed by atoms with van der Waals surface area (Å²) in [6.45, 7) is -0.416. The number of amides is 1. The standard InChI is InChI=1S/C17H10ClF6N5O2/c18-12-4-5-13(28-27-12)29-14(17(22,23)24)11(8-26-29)31-15(30)25-7-9-2-1-3-10(6-9)16(19,20)21/h1-6,8H,7H2,(H,25,30). The van der Waals surface area contributed by atoms with Gasteiger partial charge in [0.2, 0.25) is 0 Å². The van der Waals surface area contributed by atoms with Crippen LogP contribution in [0.25, 0.3) is 5.82 Å². The monoisotopic (exact) mass is 465 g/mol. The molecule has 0 spiro atoms. The van der Waals surface area contributed by atoms with Gasteiger partial charge < -0.3 is 10.1 Å². The number of ether oxygens (including phenoxy) is 1. The molecule has 0 aliphatic heterocycles. The summed E-state index contributed by atoms with van der Waals surface area (Å²) in [5.41, 5.74) is -2.32. The normalized spacial score (nSPS) is 12.0. The van der Waals surface area contributed by atoms with Gasteiger partial charge in [-0.2, -0.15) is 31.4 Å². The molecule has 0 unspecified atom stereocenters. The Hall–Kier alpha value is -3.35. The van der Waals surface area contributed by atoms with Gasteiger partial charge in [-0.15, -0.1) is 10.2 Å². The maximum absolute atomic E-state index is 13.5. The molecule has 1 amide bonds. The fourth-order valence-electron chi connectivity index (χ4n) is 2.43. The second kappa shape index (κ2) is 8.41. The molecule has 7 nitrogen and oxygen atoms in total. The zero-order chi connectivity index (χ0) is 22.8. The van der Waals surface area contributed by atoms with Crippen LogP contribution >= 0.6 is 11.6 Å². The summed E-state index contributed by atoms with van der Waals surface area (Å²) >= 11 is 5.56. The fraction of sp³-hybridized carbons (Fsp3) is 0.176. The van der Waals surface area contributed by atoms with E-state index in [0.717, 1.165) is 24.3 Å². The van der Waals surface area contributed by atoms with Crippen LogP contribution in [0, 0.1) is 0 Å². The summed E-state index contributed by atoms with van der Waals surface area (Å²) < 4.78 is 83.8. The Bertz CT molecular complexity index is 1080. The molecule has 164 valence electrons. The predicted molar refractivity (Wildman–Crippen MR) is 93.5 cm³/mol. The van der Waals surface area contributed by atoms with Gasteiger partial charge in [0, 0.05) is 6.54 Å². The van der Waals surface area contributed by atoms with Crippen molar-refractivity contribution in [3.8, 4) is 11.6 Å². The topological polar surface area (TPSA) is 81.9 Å². The quantitative estimate of drug-likeness (QED) is 0.568. The molecule has 3 rings (SSSR count). The molecule has 3 aromatic rings. The smallest absolute Gasteiger partial charge is 0.406 e. The summed E-state index contributed by atoms with van der Waals surface area (Å²) in [4.78, 5) is 11.9. The summed E-state index contributed by atoms with van der Waals surface area (Å²) in [5, 5.41) is 12.4. The van der Waals surface area contributed by atoms with Gasteiger partial charge in [-0.1, -0.05) is 23.7 Å². The highest BCUT2D eigenvalue weighted by Crippen LogP contribution is 2.37. The zero-order valence-electron chi connectivity index (χ0n) is 15.0. The van der Waals surface area contributed by atoms with Crippen LogP contribution in [-0.4, -0.2) is 26.1 Å². The van der Waals surface area contributed by atoms with Crippen LogP contribution < -0.4 is 10.1 Å². The van der Waals surface area contributed by atoms with Crippen molar-refractivity contribution in [1.29, 1.82) is 0 Å². The summed E-state index contributed by atoms with van der Waals surface area (Å²) in [6, 6.07) is 6.37. The molecule has 0 fully saturated rings. The van der Waals surface area contributed by atoms with E-state index < -0.39 is 42.0 Å². The Morgan fingerprint density at radius 3 is 2.42 bits per heavy atom. The highest BCUT2D eigenvalue weighted by molar-refractivity contribution is 6.29. The van der Waals surface area contributed by atoms with E-state index >= 15 is 0 Å². The lowest BCUT2D eigenvalue weighted by molar-refractivity contribution is -0.143. The van der Waals surface area contributed by atoms with E-state index in [1.54, 1.807) is 0 Å². The molecule has 1 N–H and O–H groups in total. The number of aromatic nitrogens is 4. The SMILES string of the molecule is O=C(NCc1cccc(C(F)(F)F)c1)Oc1cnn(-c2ccc(Cl)nn2)c1C(F)(F)F. The van der Waals surface area contributed by atoms with E-state index in [-0.39, 0.29) is 16.5 Å². The zero-order valence-corrected chi connectivity index (χ0v) is 15.8. The number of hydrogen-bond acceptors (Lipinski definition) is 5. The highest BCUT2D eigenvalue weighted by Gasteiger charge is 2.41. The van der Waals surface area contributed by atoms with Gasteiger partial charge in [0.1, 0.15) is 0 Å². The van der Waals surface area contributed by atoms with E-state index in [1.807, 2.05) is 0 Å². The van der Waals surface area contributed by atoms with Crippen molar-refractivity contribution in [1.82, 2.24) is 25.3 Å². The molecule has 0 aliphatic rings. The average Bonchev–Trinajstić information content (AvgIpc) is 3.10. The predicted octanol–water partition coefficient (Wildman–Crippen LogP) is 4.64. The van der Waals surface area contributed by atoms with Gasteiger partial charge in [0.05, 0.1) is 11.8 Å². The molecule has 0 atom stereocenters. The van der Waals surface area contributed by atoms with E-state index in [0.29, 0.717) is 10.9 Å². The second-order valence-corrected chi connectivity index (χ2v) is 6.31. The molecule has 31 heavy (non-hydrogen) atoms. The lowest BCUT2D eigenvalue weighted by Gasteiger charge is -2.12. The number of halogens is 7. The first kappa shape index (κ1) is 22.3. The molecular formula is C17H10ClF6N5O2. The third-order valence-corrected chi connectivity index (χ3v) is 3.93. The van der Waals surface area contributed by atoms with Gasteiger partial charge in [0.25, 0.3) is 0 Å². The summed E-state index contributed by atoms with van der Waals surface area (Å²) in [5.74, 6) is -1.28. The Kier molecular flexibility index (Phi) is 6.06. The van der Waals surface area contributed by atoms with E-state index in [4.69, 9.17) is 11.6 Å². The number of carbonyl (C=O) groups is 1. The minimum Gasteiger partial charge on any atom is -0.406 e. The molecule has 14 heteroatoms. The van der Waals surface area contributed by atoms with Gasteiger partial charge in [-0.3, -0.25) is 0 Å². The lowest BCUT2D eigenvalue weighted by Crippen LogP contribution is -2.27. The number of carbonyl (C=O) groups excluding carboxylic acids is 1. The molecule has 0 radical (unpaired) electrons. The number of rotatable bonds is 4. The molecule has 0 saturated heterocycles. The van der Waals surface area contributed by atoms with Crippen LogP contribution in [-0.2, 0) is 18.9 Å². The van der Waals surface area contributed by atoms with Gasteiger partial charge in [0.15, 0.2) is 22.4 Å². The molecular weight excluding hydrogens is 456 g/mol. The van der Waals surface area contributed by atoms with Crippen LogP contribution in [0.4, 0.5) is 31.1 Å². The Morgan fingerprint density at radius 2 is 1.81 bits per heavy atom. The first-order valence-corrected chi connectivity index (χ1v) is 8.59. The lowest BCUT2D eigenvalue weighted by atomic mass is 10.1. The van der Waals surface area contributed by atoms with Crippen LogP contribution in [0.2, 0.25) is 5.15 Å². The number of hydrogen-bond donors (Lipinski definition) is 1. The van der Waals surface area contributed by atoms with Crippen molar-refractivity contribution >= 4 is 17.7 Å². The molecule has 1 aromatic carbocycles. The fourth-order valence-corrected chi connectivity index (χ4v) is 2.53. The molecule has 0 saturated carbocycles. The maximum Gasteiger partial charge on any atom is 0.437 e. The second-order valence-electron chi connectivity index (χ2n) is 5.92. The highest BCUT2D eigenvalue weighted by atomic mass is 35.5. The minimum absolute atomic E-state index is 0.0603. The molecule has 2 aromatic heterocycles. The van der Waals surface area contributed by atoms with Crippen molar-refractivity contribution in [3.63, 3.8) is 0 Å². The number of nitrogens with zero attached hydrogens (tertiary/aromatic N) is 4. The van der Waals surface area contributed by atoms with Crippen LogP contribution in [0.15, 0.2) is 42.6 Å². The van der Waals surface area contributed by atoms with E-state index in [2.05, 4.69) is 25.3 Å². The maximum atomic E-state index is 13.5. The van der Waals surface area contributed by atoms with Crippen molar-refractivity contribution in [2.45, 2.75) is 18.9 Å². The molecule has 2 heterocycles. The van der Waals surface area contributed by atoms with Crippen LogP contribution in [0.5, 0.6) is 5.75 Å². The molecule has 0 aliphatic carbocycles. The Morgan fingerprint density at radius 1 is 1.06 bits per heavy atom. The Labute approximate surface area is 174 Å².